The molecule has 0 N–H and O–H groups in total. The smallest absolute Gasteiger partial charge is 0.159 e. The van der Waals surface area contributed by atoms with Crippen LogP contribution in [0.25, 0.3) is 0 Å². The molecule has 0 aromatic heterocycles. The highest BCUT2D eigenvalue weighted by molar-refractivity contribution is 5.96. The van der Waals surface area contributed by atoms with E-state index in [1.807, 2.05) is 6.92 Å². The highest BCUT2D eigenvalue weighted by Crippen LogP contribution is 2.25. The summed E-state index contributed by atoms with van der Waals surface area (Å²) in [4.78, 5) is 11.9. The Kier molecular flexibility index (Phi) is 5.38. The van der Waals surface area contributed by atoms with Crippen molar-refractivity contribution in [3.63, 3.8) is 0 Å². The van der Waals surface area contributed by atoms with Crippen LogP contribution in [0.4, 0.5) is 0 Å². The molecule has 0 aromatic rings. The first-order valence-electron chi connectivity index (χ1n) is 6.17. The van der Waals surface area contributed by atoms with Crippen molar-refractivity contribution in [2.24, 2.45) is 0 Å². The summed E-state index contributed by atoms with van der Waals surface area (Å²) < 4.78 is 0. The number of Topliss-reactive ketones (excluding diaryl/α,β-unsaturated/α-hetero) is 1. The van der Waals surface area contributed by atoms with Crippen LogP contribution in [0.1, 0.15) is 58.8 Å². The number of carbonyl (C=O) groups excluding carboxylic acids is 1. The fourth-order valence-corrected chi connectivity index (χ4v) is 2.20. The first kappa shape index (κ1) is 12.2. The number of allylic oxidation sites excluding steroid dienone is 4. The zero-order chi connectivity index (χ0) is 11.1. The predicted molar refractivity (Wildman–Crippen MR) is 64.8 cm³/mol. The van der Waals surface area contributed by atoms with Gasteiger partial charge in [-0.05, 0) is 43.8 Å². The minimum Gasteiger partial charge on any atom is -0.295 e. The van der Waals surface area contributed by atoms with Crippen molar-refractivity contribution in [3.05, 3.63) is 23.3 Å². The molecule has 1 rings (SSSR count). The SMILES string of the molecule is CC=C/C(CCC)=C1\CCCCCC1=O. The fourth-order valence-electron chi connectivity index (χ4n) is 2.20. The summed E-state index contributed by atoms with van der Waals surface area (Å²) in [5.41, 5.74) is 2.40. The van der Waals surface area contributed by atoms with Crippen LogP contribution in [0.15, 0.2) is 23.3 Å². The Labute approximate surface area is 93.3 Å². The molecule has 1 fully saturated rings. The molecule has 0 bridgehead atoms. The van der Waals surface area contributed by atoms with Gasteiger partial charge in [0, 0.05) is 6.42 Å². The van der Waals surface area contributed by atoms with Gasteiger partial charge in [0.1, 0.15) is 0 Å². The van der Waals surface area contributed by atoms with Gasteiger partial charge in [-0.15, -0.1) is 0 Å². The van der Waals surface area contributed by atoms with Crippen LogP contribution in [0.3, 0.4) is 0 Å². The molecule has 0 heterocycles. The summed E-state index contributed by atoms with van der Waals surface area (Å²) in [5.74, 6) is 0.397. The topological polar surface area (TPSA) is 17.1 Å². The van der Waals surface area contributed by atoms with Crippen LogP contribution < -0.4 is 0 Å². The Balaban J connectivity index is 2.92. The molecule has 0 unspecified atom stereocenters. The molecule has 84 valence electrons. The standard InChI is InChI=1S/C14H22O/c1-3-8-12(9-4-2)13-10-6-5-7-11-14(13)15/h3,8H,4-7,9-11H2,1-2H3/b8-3?,13-12-. The Morgan fingerprint density at radius 2 is 2.00 bits per heavy atom. The third-order valence-electron chi connectivity index (χ3n) is 2.94. The largest absolute Gasteiger partial charge is 0.295 e. The maximum Gasteiger partial charge on any atom is 0.159 e. The van der Waals surface area contributed by atoms with E-state index >= 15 is 0 Å². The van der Waals surface area contributed by atoms with Crippen molar-refractivity contribution in [2.45, 2.75) is 58.8 Å². The molecular weight excluding hydrogens is 184 g/mol. The highest BCUT2D eigenvalue weighted by Gasteiger charge is 2.16. The van der Waals surface area contributed by atoms with E-state index in [1.54, 1.807) is 0 Å². The molecule has 15 heavy (non-hydrogen) atoms. The summed E-state index contributed by atoms with van der Waals surface area (Å²) in [5, 5.41) is 0. The second-order valence-electron chi connectivity index (χ2n) is 4.24. The summed E-state index contributed by atoms with van der Waals surface area (Å²) in [7, 11) is 0. The molecule has 0 aromatic carbocycles. The Bertz CT molecular complexity index is 271. The zero-order valence-electron chi connectivity index (χ0n) is 10.0. The van der Waals surface area contributed by atoms with E-state index in [-0.39, 0.29) is 0 Å². The average Bonchev–Trinajstić information content (AvgIpc) is 2.43. The molecule has 0 aliphatic heterocycles. The molecular formula is C14H22O. The van der Waals surface area contributed by atoms with Gasteiger partial charge >= 0.3 is 0 Å². The number of ketones is 1. The monoisotopic (exact) mass is 206 g/mol. The molecule has 0 atom stereocenters. The van der Waals surface area contributed by atoms with Gasteiger partial charge in [0.05, 0.1) is 0 Å². The Morgan fingerprint density at radius 3 is 2.67 bits per heavy atom. The molecule has 0 radical (unpaired) electrons. The van der Waals surface area contributed by atoms with E-state index in [4.69, 9.17) is 0 Å². The van der Waals surface area contributed by atoms with Gasteiger partial charge in [0.2, 0.25) is 0 Å². The normalized spacial score (nSPS) is 21.9. The second kappa shape index (κ2) is 6.60. The van der Waals surface area contributed by atoms with E-state index in [1.165, 1.54) is 18.4 Å². The van der Waals surface area contributed by atoms with Gasteiger partial charge < -0.3 is 0 Å². The van der Waals surface area contributed by atoms with Crippen molar-refractivity contribution in [3.8, 4) is 0 Å². The van der Waals surface area contributed by atoms with Gasteiger partial charge in [-0.2, -0.15) is 0 Å². The number of carbonyl (C=O) groups is 1. The summed E-state index contributed by atoms with van der Waals surface area (Å²) in [6.07, 6.45) is 11.6. The molecule has 1 aliphatic carbocycles. The van der Waals surface area contributed by atoms with Gasteiger partial charge in [-0.1, -0.05) is 31.9 Å². The van der Waals surface area contributed by atoms with Crippen molar-refractivity contribution in [1.29, 1.82) is 0 Å². The minimum atomic E-state index is 0.397. The van der Waals surface area contributed by atoms with Crippen LogP contribution in [-0.4, -0.2) is 5.78 Å². The van der Waals surface area contributed by atoms with Crippen LogP contribution in [-0.2, 0) is 4.79 Å². The van der Waals surface area contributed by atoms with E-state index in [2.05, 4.69) is 19.1 Å². The van der Waals surface area contributed by atoms with Crippen molar-refractivity contribution in [1.82, 2.24) is 0 Å². The molecule has 0 amide bonds. The lowest BCUT2D eigenvalue weighted by Crippen LogP contribution is -2.03. The van der Waals surface area contributed by atoms with E-state index < -0.39 is 0 Å². The fraction of sp³-hybridized carbons (Fsp3) is 0.643. The molecule has 1 nitrogen and oxygen atoms in total. The average molecular weight is 206 g/mol. The lowest BCUT2D eigenvalue weighted by Gasteiger charge is -2.08. The van der Waals surface area contributed by atoms with E-state index in [0.29, 0.717) is 5.78 Å². The summed E-state index contributed by atoms with van der Waals surface area (Å²) in [6.45, 7) is 4.20. The maximum absolute atomic E-state index is 11.9. The maximum atomic E-state index is 11.9. The Morgan fingerprint density at radius 1 is 1.27 bits per heavy atom. The van der Waals surface area contributed by atoms with Crippen LogP contribution in [0, 0.1) is 0 Å². The van der Waals surface area contributed by atoms with Gasteiger partial charge in [-0.25, -0.2) is 0 Å². The van der Waals surface area contributed by atoms with Gasteiger partial charge in [0.15, 0.2) is 5.78 Å². The lowest BCUT2D eigenvalue weighted by molar-refractivity contribution is -0.115. The number of hydrogen-bond acceptors (Lipinski definition) is 1. The third-order valence-corrected chi connectivity index (χ3v) is 2.94. The molecule has 0 saturated heterocycles. The first-order valence-corrected chi connectivity index (χ1v) is 6.17. The first-order chi connectivity index (χ1) is 7.29. The second-order valence-corrected chi connectivity index (χ2v) is 4.24. The molecule has 1 aliphatic rings. The van der Waals surface area contributed by atoms with E-state index in [9.17, 15) is 4.79 Å². The van der Waals surface area contributed by atoms with Crippen molar-refractivity contribution < 1.29 is 4.79 Å². The van der Waals surface area contributed by atoms with Crippen LogP contribution >= 0.6 is 0 Å². The predicted octanol–water partition coefficient (Wildman–Crippen LogP) is 4.19. The molecule has 1 heteroatoms. The summed E-state index contributed by atoms with van der Waals surface area (Å²) in [6, 6.07) is 0. The van der Waals surface area contributed by atoms with Crippen LogP contribution in [0.5, 0.6) is 0 Å². The van der Waals surface area contributed by atoms with Crippen LogP contribution in [0.2, 0.25) is 0 Å². The minimum absolute atomic E-state index is 0.397. The third kappa shape index (κ3) is 3.65. The number of rotatable bonds is 3. The van der Waals surface area contributed by atoms with E-state index in [0.717, 1.165) is 37.7 Å². The Hall–Kier alpha value is -0.850. The van der Waals surface area contributed by atoms with Gasteiger partial charge in [-0.3, -0.25) is 4.79 Å². The lowest BCUT2D eigenvalue weighted by atomic mass is 9.96. The molecule has 0 spiro atoms. The van der Waals surface area contributed by atoms with Gasteiger partial charge in [0.25, 0.3) is 0 Å². The highest BCUT2D eigenvalue weighted by atomic mass is 16.1. The van der Waals surface area contributed by atoms with Crippen molar-refractivity contribution >= 4 is 5.78 Å². The molecule has 1 saturated carbocycles. The number of hydrogen-bond donors (Lipinski definition) is 0. The quantitative estimate of drug-likeness (QED) is 0.500. The summed E-state index contributed by atoms with van der Waals surface area (Å²) >= 11 is 0. The van der Waals surface area contributed by atoms with Crippen molar-refractivity contribution in [2.75, 3.05) is 0 Å². The zero-order valence-corrected chi connectivity index (χ0v) is 10.0.